The number of aryl methyl sites for hydroxylation is 3. The van der Waals surface area contributed by atoms with Crippen LogP contribution in [0, 0.1) is 26.7 Å². The van der Waals surface area contributed by atoms with Crippen LogP contribution in [-0.2, 0) is 20.7 Å². The van der Waals surface area contributed by atoms with Gasteiger partial charge in [0.2, 0.25) is 0 Å². The summed E-state index contributed by atoms with van der Waals surface area (Å²) >= 11 is 0. The number of benzene rings is 1. The van der Waals surface area contributed by atoms with Crippen LogP contribution < -0.4 is 0 Å². The molecule has 1 heterocycles. The standard InChI is InChI=1S/C16H20O3/c1-10-7-13(8-11(2)12(10)3)5-4-6-14-9-15(17)19-16(14)18/h7-8,14H,4-6,9H2,1-3H3. The number of hydrogen-bond donors (Lipinski definition) is 0. The van der Waals surface area contributed by atoms with Gasteiger partial charge in [-0.25, -0.2) is 0 Å². The number of cyclic esters (lactones) is 2. The molecule has 0 saturated carbocycles. The maximum absolute atomic E-state index is 11.3. The highest BCUT2D eigenvalue weighted by Gasteiger charge is 2.32. The second-order valence-corrected chi connectivity index (χ2v) is 5.44. The van der Waals surface area contributed by atoms with Crippen LogP contribution in [0.5, 0.6) is 0 Å². The molecule has 1 saturated heterocycles. The van der Waals surface area contributed by atoms with Gasteiger partial charge in [0.25, 0.3) is 0 Å². The van der Waals surface area contributed by atoms with Gasteiger partial charge >= 0.3 is 11.9 Å². The Morgan fingerprint density at radius 3 is 2.32 bits per heavy atom. The van der Waals surface area contributed by atoms with Crippen molar-refractivity contribution in [3.05, 3.63) is 34.4 Å². The minimum atomic E-state index is -0.378. The summed E-state index contributed by atoms with van der Waals surface area (Å²) in [5.74, 6) is -0.946. The number of hydrogen-bond acceptors (Lipinski definition) is 3. The largest absolute Gasteiger partial charge is 0.393 e. The van der Waals surface area contributed by atoms with E-state index in [1.807, 2.05) is 0 Å². The number of rotatable bonds is 4. The Morgan fingerprint density at radius 1 is 1.16 bits per heavy atom. The third-order valence-electron chi connectivity index (χ3n) is 3.97. The average Bonchev–Trinajstić information content (AvgIpc) is 2.65. The lowest BCUT2D eigenvalue weighted by atomic mass is 9.95. The summed E-state index contributed by atoms with van der Waals surface area (Å²) in [4.78, 5) is 22.3. The molecular formula is C16H20O3. The van der Waals surface area contributed by atoms with E-state index in [4.69, 9.17) is 0 Å². The van der Waals surface area contributed by atoms with Crippen LogP contribution in [0.15, 0.2) is 12.1 Å². The molecule has 0 bridgehead atoms. The summed E-state index contributed by atoms with van der Waals surface area (Å²) in [6.45, 7) is 6.38. The van der Waals surface area contributed by atoms with Crippen LogP contribution >= 0.6 is 0 Å². The molecule has 0 aromatic heterocycles. The Kier molecular flexibility index (Phi) is 4.03. The highest BCUT2D eigenvalue weighted by molar-refractivity contribution is 5.94. The van der Waals surface area contributed by atoms with Crippen molar-refractivity contribution >= 4 is 11.9 Å². The molecule has 0 amide bonds. The van der Waals surface area contributed by atoms with Crippen molar-refractivity contribution in [2.75, 3.05) is 0 Å². The highest BCUT2D eigenvalue weighted by Crippen LogP contribution is 2.23. The van der Waals surface area contributed by atoms with Gasteiger partial charge in [-0.05, 0) is 62.3 Å². The number of esters is 2. The Balaban J connectivity index is 1.89. The molecule has 0 N–H and O–H groups in total. The van der Waals surface area contributed by atoms with Gasteiger partial charge in [0.1, 0.15) is 0 Å². The van der Waals surface area contributed by atoms with E-state index in [1.54, 1.807) is 0 Å². The third-order valence-corrected chi connectivity index (χ3v) is 3.97. The smallest absolute Gasteiger partial charge is 0.317 e. The summed E-state index contributed by atoms with van der Waals surface area (Å²) < 4.78 is 4.55. The van der Waals surface area contributed by atoms with E-state index >= 15 is 0 Å². The lowest BCUT2D eigenvalue weighted by Crippen LogP contribution is -2.07. The van der Waals surface area contributed by atoms with Crippen LogP contribution in [-0.4, -0.2) is 11.9 Å². The van der Waals surface area contributed by atoms with Crippen LogP contribution in [0.4, 0.5) is 0 Å². The van der Waals surface area contributed by atoms with Crippen LogP contribution in [0.2, 0.25) is 0 Å². The number of ether oxygens (including phenoxy) is 1. The predicted molar refractivity (Wildman–Crippen MR) is 72.8 cm³/mol. The van der Waals surface area contributed by atoms with E-state index in [2.05, 4.69) is 37.6 Å². The summed E-state index contributed by atoms with van der Waals surface area (Å²) in [5.41, 5.74) is 5.27. The Hall–Kier alpha value is -1.64. The molecule has 0 aliphatic carbocycles. The molecular weight excluding hydrogens is 240 g/mol. The zero-order valence-electron chi connectivity index (χ0n) is 11.8. The lowest BCUT2D eigenvalue weighted by molar-refractivity contribution is -0.153. The number of carbonyl (C=O) groups is 2. The molecule has 19 heavy (non-hydrogen) atoms. The molecule has 0 radical (unpaired) electrons. The Morgan fingerprint density at radius 2 is 1.79 bits per heavy atom. The van der Waals surface area contributed by atoms with E-state index in [-0.39, 0.29) is 24.3 Å². The molecule has 0 spiro atoms. The quantitative estimate of drug-likeness (QED) is 0.617. The molecule has 1 aromatic carbocycles. The normalized spacial score (nSPS) is 18.8. The zero-order chi connectivity index (χ0) is 14.0. The summed E-state index contributed by atoms with van der Waals surface area (Å²) in [5, 5.41) is 0. The van der Waals surface area contributed by atoms with E-state index in [0.29, 0.717) is 0 Å². The van der Waals surface area contributed by atoms with Crippen molar-refractivity contribution < 1.29 is 14.3 Å². The second-order valence-electron chi connectivity index (χ2n) is 5.44. The van der Waals surface area contributed by atoms with Crippen molar-refractivity contribution in [3.8, 4) is 0 Å². The van der Waals surface area contributed by atoms with Crippen molar-refractivity contribution in [3.63, 3.8) is 0 Å². The average molecular weight is 260 g/mol. The molecule has 1 aliphatic rings. The van der Waals surface area contributed by atoms with Crippen LogP contribution in [0.1, 0.15) is 41.5 Å². The fourth-order valence-corrected chi connectivity index (χ4v) is 2.56. The molecule has 1 fully saturated rings. The van der Waals surface area contributed by atoms with Gasteiger partial charge in [-0.15, -0.1) is 0 Å². The predicted octanol–water partition coefficient (Wildman–Crippen LogP) is 3.02. The maximum Gasteiger partial charge on any atom is 0.317 e. The zero-order valence-corrected chi connectivity index (χ0v) is 11.8. The molecule has 3 nitrogen and oxygen atoms in total. The molecule has 1 atom stereocenters. The van der Waals surface area contributed by atoms with Crippen molar-refractivity contribution in [1.29, 1.82) is 0 Å². The molecule has 1 aromatic rings. The molecule has 102 valence electrons. The van der Waals surface area contributed by atoms with Crippen molar-refractivity contribution in [2.45, 2.75) is 46.5 Å². The van der Waals surface area contributed by atoms with Crippen molar-refractivity contribution in [1.82, 2.24) is 0 Å². The van der Waals surface area contributed by atoms with E-state index in [9.17, 15) is 9.59 Å². The van der Waals surface area contributed by atoms with Crippen LogP contribution in [0.25, 0.3) is 0 Å². The summed E-state index contributed by atoms with van der Waals surface area (Å²) in [7, 11) is 0. The fraction of sp³-hybridized carbons (Fsp3) is 0.500. The van der Waals surface area contributed by atoms with E-state index < -0.39 is 0 Å². The second kappa shape index (κ2) is 5.55. The monoisotopic (exact) mass is 260 g/mol. The third kappa shape index (κ3) is 3.22. The van der Waals surface area contributed by atoms with E-state index in [1.165, 1.54) is 22.3 Å². The first-order valence-corrected chi connectivity index (χ1v) is 6.78. The minimum absolute atomic E-state index is 0.222. The van der Waals surface area contributed by atoms with E-state index in [0.717, 1.165) is 19.3 Å². The number of carbonyl (C=O) groups excluding carboxylic acids is 2. The van der Waals surface area contributed by atoms with Gasteiger partial charge in [0.15, 0.2) is 0 Å². The van der Waals surface area contributed by atoms with Gasteiger partial charge in [0, 0.05) is 0 Å². The summed E-state index contributed by atoms with van der Waals surface area (Å²) in [6.07, 6.45) is 2.84. The lowest BCUT2D eigenvalue weighted by Gasteiger charge is -2.09. The topological polar surface area (TPSA) is 43.4 Å². The first-order chi connectivity index (χ1) is 8.97. The highest BCUT2D eigenvalue weighted by atomic mass is 16.6. The van der Waals surface area contributed by atoms with Gasteiger partial charge < -0.3 is 4.74 Å². The molecule has 3 heteroatoms. The van der Waals surface area contributed by atoms with Crippen LogP contribution in [0.3, 0.4) is 0 Å². The molecule has 2 rings (SSSR count). The Labute approximate surface area is 114 Å². The van der Waals surface area contributed by atoms with Gasteiger partial charge in [-0.2, -0.15) is 0 Å². The first-order valence-electron chi connectivity index (χ1n) is 6.78. The summed E-state index contributed by atoms with van der Waals surface area (Å²) in [6, 6.07) is 4.42. The first kappa shape index (κ1) is 13.8. The van der Waals surface area contributed by atoms with Gasteiger partial charge in [-0.3, -0.25) is 9.59 Å². The van der Waals surface area contributed by atoms with Crippen molar-refractivity contribution in [2.24, 2.45) is 5.92 Å². The van der Waals surface area contributed by atoms with Gasteiger partial charge in [0.05, 0.1) is 12.3 Å². The molecule has 1 aliphatic heterocycles. The van der Waals surface area contributed by atoms with Gasteiger partial charge in [-0.1, -0.05) is 12.1 Å². The minimum Gasteiger partial charge on any atom is -0.393 e. The Bertz CT molecular complexity index is 494. The molecule has 1 unspecified atom stereocenters. The maximum atomic E-state index is 11.3. The SMILES string of the molecule is Cc1cc(CCCC2CC(=O)OC2=O)cc(C)c1C. The fourth-order valence-electron chi connectivity index (χ4n) is 2.56.